The molecular formula is C24H18ClN3O2S. The number of halogens is 1. The molecule has 0 amide bonds. The Morgan fingerprint density at radius 2 is 1.84 bits per heavy atom. The summed E-state index contributed by atoms with van der Waals surface area (Å²) < 4.78 is 6.31. The van der Waals surface area contributed by atoms with Gasteiger partial charge in [0.25, 0.3) is 0 Å². The first-order valence-corrected chi connectivity index (χ1v) is 10.8. The Kier molecular flexibility index (Phi) is 5.10. The predicted octanol–water partition coefficient (Wildman–Crippen LogP) is 6.41. The van der Waals surface area contributed by atoms with Gasteiger partial charge in [0, 0.05) is 22.2 Å². The van der Waals surface area contributed by atoms with Gasteiger partial charge in [0.1, 0.15) is 11.5 Å². The van der Waals surface area contributed by atoms with Gasteiger partial charge in [-0.2, -0.15) is 0 Å². The summed E-state index contributed by atoms with van der Waals surface area (Å²) in [4.78, 5) is 9.17. The van der Waals surface area contributed by atoms with E-state index in [2.05, 4.69) is 10.3 Å². The number of benzene rings is 3. The van der Waals surface area contributed by atoms with E-state index in [4.69, 9.17) is 21.3 Å². The van der Waals surface area contributed by atoms with Crippen LogP contribution in [0.25, 0.3) is 21.1 Å². The standard InChI is InChI=1S/C24H18ClN3O2S/c1-30-16-7-4-14(5-8-16)23(22-17-3-2-12-26-18(17)10-11-20(22)29)28-24-27-19-9-6-15(25)13-21(19)31-24/h2-13,23,29H,1H3,(H,27,28). The molecule has 0 saturated heterocycles. The molecule has 0 bridgehead atoms. The second kappa shape index (κ2) is 8.06. The van der Waals surface area contributed by atoms with Crippen molar-refractivity contribution in [2.24, 2.45) is 0 Å². The summed E-state index contributed by atoms with van der Waals surface area (Å²) in [6.45, 7) is 0. The van der Waals surface area contributed by atoms with Crippen molar-refractivity contribution in [1.82, 2.24) is 9.97 Å². The molecule has 0 aliphatic heterocycles. The van der Waals surface area contributed by atoms with Gasteiger partial charge in [0.2, 0.25) is 0 Å². The van der Waals surface area contributed by atoms with E-state index in [1.54, 1.807) is 19.4 Å². The topological polar surface area (TPSA) is 67.3 Å². The number of aromatic hydroxyl groups is 1. The predicted molar refractivity (Wildman–Crippen MR) is 126 cm³/mol. The summed E-state index contributed by atoms with van der Waals surface area (Å²) in [7, 11) is 1.64. The highest BCUT2D eigenvalue weighted by Crippen LogP contribution is 2.39. The highest BCUT2D eigenvalue weighted by molar-refractivity contribution is 7.22. The van der Waals surface area contributed by atoms with Crippen molar-refractivity contribution in [3.8, 4) is 11.5 Å². The fourth-order valence-electron chi connectivity index (χ4n) is 3.67. The number of hydrogen-bond acceptors (Lipinski definition) is 6. The van der Waals surface area contributed by atoms with E-state index in [1.165, 1.54) is 11.3 Å². The van der Waals surface area contributed by atoms with Crippen molar-refractivity contribution >= 4 is 49.2 Å². The van der Waals surface area contributed by atoms with Crippen LogP contribution in [0.5, 0.6) is 11.5 Å². The van der Waals surface area contributed by atoms with Gasteiger partial charge in [0.05, 0.1) is 28.9 Å². The molecule has 5 nitrogen and oxygen atoms in total. The molecule has 2 N–H and O–H groups in total. The first-order chi connectivity index (χ1) is 15.1. The van der Waals surface area contributed by atoms with Crippen molar-refractivity contribution in [3.63, 3.8) is 0 Å². The molecule has 31 heavy (non-hydrogen) atoms. The zero-order chi connectivity index (χ0) is 21.4. The van der Waals surface area contributed by atoms with Crippen LogP contribution in [0.1, 0.15) is 17.2 Å². The molecular weight excluding hydrogens is 430 g/mol. The SMILES string of the molecule is COc1ccc(C(Nc2nc3ccc(Cl)cc3s2)c2c(O)ccc3ncccc23)cc1. The molecule has 0 aliphatic carbocycles. The molecule has 2 aromatic heterocycles. The number of methoxy groups -OCH3 is 1. The number of rotatable bonds is 5. The summed E-state index contributed by atoms with van der Waals surface area (Å²) in [6, 6.07) is 20.4. The van der Waals surface area contributed by atoms with Gasteiger partial charge in [-0.1, -0.05) is 41.1 Å². The van der Waals surface area contributed by atoms with Gasteiger partial charge >= 0.3 is 0 Å². The molecule has 3 aromatic carbocycles. The van der Waals surface area contributed by atoms with Crippen molar-refractivity contribution in [1.29, 1.82) is 0 Å². The van der Waals surface area contributed by atoms with Crippen LogP contribution in [0, 0.1) is 0 Å². The largest absolute Gasteiger partial charge is 0.508 e. The molecule has 154 valence electrons. The first-order valence-electron chi connectivity index (χ1n) is 9.65. The van der Waals surface area contributed by atoms with Crippen LogP contribution in [-0.4, -0.2) is 22.2 Å². The second-order valence-corrected chi connectivity index (χ2v) is 8.52. The maximum absolute atomic E-state index is 10.9. The minimum Gasteiger partial charge on any atom is -0.508 e. The summed E-state index contributed by atoms with van der Waals surface area (Å²) >= 11 is 7.67. The van der Waals surface area contributed by atoms with Crippen LogP contribution in [0.2, 0.25) is 5.02 Å². The van der Waals surface area contributed by atoms with Gasteiger partial charge < -0.3 is 15.2 Å². The fourth-order valence-corrected chi connectivity index (χ4v) is 4.84. The molecule has 0 aliphatic rings. The van der Waals surface area contributed by atoms with Crippen LogP contribution in [0.3, 0.4) is 0 Å². The van der Waals surface area contributed by atoms with Gasteiger partial charge in [-0.25, -0.2) is 4.98 Å². The highest BCUT2D eigenvalue weighted by atomic mass is 35.5. The van der Waals surface area contributed by atoms with E-state index < -0.39 is 0 Å². The summed E-state index contributed by atoms with van der Waals surface area (Å²) in [5.74, 6) is 0.957. The lowest BCUT2D eigenvalue weighted by Crippen LogP contribution is -2.13. The number of thiazole rings is 1. The third kappa shape index (κ3) is 3.76. The third-order valence-electron chi connectivity index (χ3n) is 5.16. The van der Waals surface area contributed by atoms with Crippen LogP contribution in [0.15, 0.2) is 72.9 Å². The summed E-state index contributed by atoms with van der Waals surface area (Å²) in [5.41, 5.74) is 3.39. The van der Waals surface area contributed by atoms with Crippen LogP contribution in [0.4, 0.5) is 5.13 Å². The number of aromatic nitrogens is 2. The molecule has 0 fully saturated rings. The number of ether oxygens (including phenoxy) is 1. The number of anilines is 1. The lowest BCUT2D eigenvalue weighted by atomic mass is 9.94. The van der Waals surface area contributed by atoms with Crippen molar-refractivity contribution in [2.45, 2.75) is 6.04 Å². The van der Waals surface area contributed by atoms with Gasteiger partial charge in [-0.05, 0) is 54.1 Å². The Hall–Kier alpha value is -3.35. The summed E-state index contributed by atoms with van der Waals surface area (Å²) in [5, 5.41) is 16.7. The average Bonchev–Trinajstić information content (AvgIpc) is 3.19. The van der Waals surface area contributed by atoms with E-state index in [-0.39, 0.29) is 11.8 Å². The maximum atomic E-state index is 10.9. The molecule has 5 rings (SSSR count). The molecule has 0 radical (unpaired) electrons. The third-order valence-corrected chi connectivity index (χ3v) is 6.34. The smallest absolute Gasteiger partial charge is 0.184 e. The van der Waals surface area contributed by atoms with Crippen LogP contribution in [-0.2, 0) is 0 Å². The maximum Gasteiger partial charge on any atom is 0.184 e. The zero-order valence-corrected chi connectivity index (χ0v) is 18.1. The highest BCUT2D eigenvalue weighted by Gasteiger charge is 2.22. The molecule has 2 heterocycles. The molecule has 1 unspecified atom stereocenters. The van der Waals surface area contributed by atoms with Gasteiger partial charge in [-0.3, -0.25) is 4.98 Å². The molecule has 0 saturated carbocycles. The minimum absolute atomic E-state index is 0.193. The monoisotopic (exact) mass is 447 g/mol. The van der Waals surface area contributed by atoms with E-state index in [1.807, 2.05) is 60.7 Å². The fraction of sp³-hybridized carbons (Fsp3) is 0.0833. The lowest BCUT2D eigenvalue weighted by molar-refractivity contribution is 0.414. The second-order valence-electron chi connectivity index (χ2n) is 7.05. The number of hydrogen-bond donors (Lipinski definition) is 2. The zero-order valence-electron chi connectivity index (χ0n) is 16.5. The Labute approximate surface area is 187 Å². The van der Waals surface area contributed by atoms with Gasteiger partial charge in [0.15, 0.2) is 5.13 Å². The number of pyridine rings is 1. The number of phenolic OH excluding ortho intramolecular Hbond substituents is 1. The minimum atomic E-state index is -0.352. The normalized spacial score (nSPS) is 12.2. The Morgan fingerprint density at radius 1 is 1.03 bits per heavy atom. The van der Waals surface area contributed by atoms with Crippen molar-refractivity contribution < 1.29 is 9.84 Å². The van der Waals surface area contributed by atoms with Crippen LogP contribution >= 0.6 is 22.9 Å². The van der Waals surface area contributed by atoms with E-state index in [9.17, 15) is 5.11 Å². The van der Waals surface area contributed by atoms with E-state index >= 15 is 0 Å². The van der Waals surface area contributed by atoms with Crippen molar-refractivity contribution in [3.05, 3.63) is 89.1 Å². The lowest BCUT2D eigenvalue weighted by Gasteiger charge is -2.22. The number of nitrogens with one attached hydrogen (secondary N) is 1. The molecule has 0 spiro atoms. The van der Waals surface area contributed by atoms with Gasteiger partial charge in [-0.15, -0.1) is 0 Å². The molecule has 7 heteroatoms. The number of nitrogens with zero attached hydrogens (tertiary/aromatic N) is 2. The average molecular weight is 448 g/mol. The quantitative estimate of drug-likeness (QED) is 0.325. The first kappa shape index (κ1) is 19.6. The number of phenols is 1. The Balaban J connectivity index is 1.66. The van der Waals surface area contributed by atoms with E-state index in [0.717, 1.165) is 43.1 Å². The van der Waals surface area contributed by atoms with E-state index in [0.29, 0.717) is 5.02 Å². The summed E-state index contributed by atoms with van der Waals surface area (Å²) in [6.07, 6.45) is 1.75. The Morgan fingerprint density at radius 3 is 2.65 bits per heavy atom. The molecule has 5 aromatic rings. The molecule has 1 atom stereocenters. The van der Waals surface area contributed by atoms with Crippen LogP contribution < -0.4 is 10.1 Å². The number of fused-ring (bicyclic) bond motifs is 2. The Bertz CT molecular complexity index is 1390. The van der Waals surface area contributed by atoms with Crippen molar-refractivity contribution in [2.75, 3.05) is 12.4 Å².